The minimum atomic E-state index is -1.06. The van der Waals surface area contributed by atoms with E-state index in [4.69, 9.17) is 10.8 Å². The van der Waals surface area contributed by atoms with Crippen LogP contribution in [0.2, 0.25) is 0 Å². The quantitative estimate of drug-likeness (QED) is 0.723. The van der Waals surface area contributed by atoms with Crippen molar-refractivity contribution in [2.24, 2.45) is 0 Å². The third-order valence-electron chi connectivity index (χ3n) is 3.45. The van der Waals surface area contributed by atoms with E-state index in [1.54, 1.807) is 17.0 Å². The van der Waals surface area contributed by atoms with Crippen molar-refractivity contribution < 1.29 is 14.7 Å². The summed E-state index contributed by atoms with van der Waals surface area (Å²) in [6.45, 7) is 1.61. The third kappa shape index (κ3) is 3.20. The SMILES string of the molecule is Nc1cccc(C(=O)O)c1NCC(=O)N1CCCCC1. The number of carbonyl (C=O) groups is 2. The van der Waals surface area contributed by atoms with Crippen molar-refractivity contribution in [2.75, 3.05) is 30.7 Å². The standard InChI is InChI=1S/C14H19N3O3/c15-11-6-4-5-10(14(19)20)13(11)16-9-12(18)17-7-2-1-3-8-17/h4-6,16H,1-3,7-9,15H2,(H,19,20). The molecule has 1 amide bonds. The maximum Gasteiger partial charge on any atom is 0.337 e. The van der Waals surface area contributed by atoms with Gasteiger partial charge in [-0.1, -0.05) is 6.07 Å². The molecule has 1 aliphatic heterocycles. The van der Waals surface area contributed by atoms with Gasteiger partial charge in [-0.2, -0.15) is 0 Å². The van der Waals surface area contributed by atoms with Crippen LogP contribution in [0.25, 0.3) is 0 Å². The highest BCUT2D eigenvalue weighted by Crippen LogP contribution is 2.23. The van der Waals surface area contributed by atoms with E-state index in [1.807, 2.05) is 0 Å². The van der Waals surface area contributed by atoms with E-state index >= 15 is 0 Å². The van der Waals surface area contributed by atoms with E-state index in [-0.39, 0.29) is 18.0 Å². The Balaban J connectivity index is 2.03. The summed E-state index contributed by atoms with van der Waals surface area (Å²) in [5, 5.41) is 12.0. The Hall–Kier alpha value is -2.24. The first-order valence-electron chi connectivity index (χ1n) is 6.73. The number of likely N-dealkylation sites (tertiary alicyclic amines) is 1. The molecule has 6 nitrogen and oxygen atoms in total. The molecular formula is C14H19N3O3. The maximum absolute atomic E-state index is 12.0. The molecule has 1 aliphatic rings. The molecule has 4 N–H and O–H groups in total. The van der Waals surface area contributed by atoms with E-state index in [0.29, 0.717) is 11.4 Å². The second-order valence-electron chi connectivity index (χ2n) is 4.87. The lowest BCUT2D eigenvalue weighted by Gasteiger charge is -2.27. The highest BCUT2D eigenvalue weighted by molar-refractivity contribution is 5.98. The molecule has 1 aromatic rings. The summed E-state index contributed by atoms with van der Waals surface area (Å²) < 4.78 is 0. The molecule has 0 spiro atoms. The zero-order valence-electron chi connectivity index (χ0n) is 11.3. The molecule has 0 saturated carbocycles. The van der Waals surface area contributed by atoms with Crippen LogP contribution in [0.5, 0.6) is 0 Å². The monoisotopic (exact) mass is 277 g/mol. The first-order chi connectivity index (χ1) is 9.59. The number of nitrogens with two attached hydrogens (primary N) is 1. The molecule has 0 bridgehead atoms. The smallest absolute Gasteiger partial charge is 0.337 e. The lowest BCUT2D eigenvalue weighted by molar-refractivity contribution is -0.130. The Bertz CT molecular complexity index is 510. The molecule has 1 fully saturated rings. The number of para-hydroxylation sites is 1. The Morgan fingerprint density at radius 2 is 1.95 bits per heavy atom. The van der Waals surface area contributed by atoms with Crippen LogP contribution in [-0.4, -0.2) is 41.5 Å². The molecule has 0 atom stereocenters. The van der Waals surface area contributed by atoms with Gasteiger partial charge >= 0.3 is 5.97 Å². The minimum absolute atomic E-state index is 0.0238. The maximum atomic E-state index is 12.0. The van der Waals surface area contributed by atoms with E-state index in [1.165, 1.54) is 6.07 Å². The van der Waals surface area contributed by atoms with Crippen LogP contribution in [0, 0.1) is 0 Å². The van der Waals surface area contributed by atoms with Gasteiger partial charge in [0.05, 0.1) is 23.5 Å². The lowest BCUT2D eigenvalue weighted by Crippen LogP contribution is -2.39. The van der Waals surface area contributed by atoms with Crippen molar-refractivity contribution in [1.82, 2.24) is 4.90 Å². The molecule has 0 aliphatic carbocycles. The van der Waals surface area contributed by atoms with Crippen LogP contribution >= 0.6 is 0 Å². The van der Waals surface area contributed by atoms with Gasteiger partial charge in [-0.05, 0) is 31.4 Å². The molecule has 1 saturated heterocycles. The fourth-order valence-corrected chi connectivity index (χ4v) is 2.36. The summed E-state index contributed by atoms with van der Waals surface area (Å²) in [6.07, 6.45) is 3.21. The average Bonchev–Trinajstić information content (AvgIpc) is 2.46. The second-order valence-corrected chi connectivity index (χ2v) is 4.87. The van der Waals surface area contributed by atoms with Gasteiger partial charge in [-0.15, -0.1) is 0 Å². The number of piperidine rings is 1. The van der Waals surface area contributed by atoms with E-state index < -0.39 is 5.97 Å². The topological polar surface area (TPSA) is 95.7 Å². The Morgan fingerprint density at radius 3 is 2.60 bits per heavy atom. The van der Waals surface area contributed by atoms with Gasteiger partial charge in [0.1, 0.15) is 0 Å². The van der Waals surface area contributed by atoms with Crippen molar-refractivity contribution >= 4 is 23.3 Å². The number of carbonyl (C=O) groups excluding carboxylic acids is 1. The molecule has 0 radical (unpaired) electrons. The molecule has 20 heavy (non-hydrogen) atoms. The molecule has 2 rings (SSSR count). The minimum Gasteiger partial charge on any atom is -0.478 e. The summed E-state index contributed by atoms with van der Waals surface area (Å²) in [5.41, 5.74) is 6.49. The molecule has 0 aromatic heterocycles. The molecule has 1 heterocycles. The van der Waals surface area contributed by atoms with Gasteiger partial charge in [-0.3, -0.25) is 4.79 Å². The second kappa shape index (κ2) is 6.27. The normalized spacial score (nSPS) is 14.9. The highest BCUT2D eigenvalue weighted by atomic mass is 16.4. The predicted octanol–water partition coefficient (Wildman–Crippen LogP) is 1.39. The largest absolute Gasteiger partial charge is 0.478 e. The number of benzene rings is 1. The lowest BCUT2D eigenvalue weighted by atomic mass is 10.1. The number of nitrogens with zero attached hydrogens (tertiary/aromatic N) is 1. The first kappa shape index (κ1) is 14.2. The number of nitrogen functional groups attached to an aromatic ring is 1. The van der Waals surface area contributed by atoms with Crippen LogP contribution in [0.4, 0.5) is 11.4 Å². The van der Waals surface area contributed by atoms with Crippen LogP contribution in [0.15, 0.2) is 18.2 Å². The van der Waals surface area contributed by atoms with Crippen LogP contribution in [0.1, 0.15) is 29.6 Å². The molecule has 6 heteroatoms. The van der Waals surface area contributed by atoms with Crippen LogP contribution in [0.3, 0.4) is 0 Å². The number of amides is 1. The first-order valence-corrected chi connectivity index (χ1v) is 6.73. The van der Waals surface area contributed by atoms with Gasteiger partial charge < -0.3 is 21.1 Å². The highest BCUT2D eigenvalue weighted by Gasteiger charge is 2.18. The van der Waals surface area contributed by atoms with Gasteiger partial charge in [0.2, 0.25) is 5.91 Å². The number of hydrogen-bond acceptors (Lipinski definition) is 4. The Kier molecular flexibility index (Phi) is 4.45. The Labute approximate surface area is 117 Å². The molecular weight excluding hydrogens is 258 g/mol. The van der Waals surface area contributed by atoms with E-state index in [0.717, 1.165) is 32.4 Å². The summed E-state index contributed by atoms with van der Waals surface area (Å²) in [5.74, 6) is -1.09. The molecule has 0 unspecified atom stereocenters. The third-order valence-corrected chi connectivity index (χ3v) is 3.45. The predicted molar refractivity (Wildman–Crippen MR) is 76.7 cm³/mol. The molecule has 1 aromatic carbocycles. The number of carboxylic acids is 1. The van der Waals surface area contributed by atoms with Gasteiger partial charge in [-0.25, -0.2) is 4.79 Å². The van der Waals surface area contributed by atoms with Crippen molar-refractivity contribution in [1.29, 1.82) is 0 Å². The van der Waals surface area contributed by atoms with Crippen LogP contribution < -0.4 is 11.1 Å². The number of rotatable bonds is 4. The van der Waals surface area contributed by atoms with Gasteiger partial charge in [0.15, 0.2) is 0 Å². The zero-order valence-corrected chi connectivity index (χ0v) is 11.3. The van der Waals surface area contributed by atoms with Crippen molar-refractivity contribution in [3.05, 3.63) is 23.8 Å². The summed E-state index contributed by atoms with van der Waals surface area (Å²) in [7, 11) is 0. The fraction of sp³-hybridized carbons (Fsp3) is 0.429. The number of anilines is 2. The van der Waals surface area contributed by atoms with E-state index in [2.05, 4.69) is 5.32 Å². The van der Waals surface area contributed by atoms with Crippen molar-refractivity contribution in [3.8, 4) is 0 Å². The average molecular weight is 277 g/mol. The number of nitrogens with one attached hydrogen (secondary N) is 1. The number of aromatic carboxylic acids is 1. The summed E-state index contributed by atoms with van der Waals surface area (Å²) in [6, 6.07) is 4.66. The number of hydrogen-bond donors (Lipinski definition) is 3. The summed E-state index contributed by atoms with van der Waals surface area (Å²) >= 11 is 0. The van der Waals surface area contributed by atoms with Crippen molar-refractivity contribution in [2.45, 2.75) is 19.3 Å². The van der Waals surface area contributed by atoms with Gasteiger partial charge in [0, 0.05) is 13.1 Å². The van der Waals surface area contributed by atoms with Gasteiger partial charge in [0.25, 0.3) is 0 Å². The van der Waals surface area contributed by atoms with E-state index in [9.17, 15) is 9.59 Å². The van der Waals surface area contributed by atoms with Crippen molar-refractivity contribution in [3.63, 3.8) is 0 Å². The molecule has 108 valence electrons. The fourth-order valence-electron chi connectivity index (χ4n) is 2.36. The Morgan fingerprint density at radius 1 is 1.25 bits per heavy atom. The summed E-state index contributed by atoms with van der Waals surface area (Å²) in [4.78, 5) is 25.0. The van der Waals surface area contributed by atoms with Crippen LogP contribution in [-0.2, 0) is 4.79 Å². The number of carboxylic acid groups (broad SMARTS) is 1. The zero-order chi connectivity index (χ0) is 14.5.